The summed E-state index contributed by atoms with van der Waals surface area (Å²) in [6.45, 7) is 4.22. The zero-order valence-electron chi connectivity index (χ0n) is 6.02. The molecule has 9 heavy (non-hydrogen) atoms. The molecule has 2 N–H and O–H groups in total. The second-order valence-electron chi connectivity index (χ2n) is 2.93. The van der Waals surface area contributed by atoms with Crippen LogP contribution in [0.4, 0.5) is 0 Å². The maximum Gasteiger partial charge on any atom is 0.0277 e. The molecule has 0 aliphatic heterocycles. The first-order chi connectivity index (χ1) is 4.12. The molecule has 2 heteroatoms. The molecule has 0 fully saturated rings. The van der Waals surface area contributed by atoms with Crippen LogP contribution < -0.4 is 5.73 Å². The summed E-state index contributed by atoms with van der Waals surface area (Å²) in [5.74, 6) is 0.678. The quantitative estimate of drug-likeness (QED) is 0.608. The maximum absolute atomic E-state index is 5.65. The standard InChI is InChI=1S/C7H14ClN/c1-7(2,6-8)4-3-5-9/h3,5H,4,6,9H2,1-2H3. The Balaban J connectivity index is 3.58. The second kappa shape index (κ2) is 3.78. The Morgan fingerprint density at radius 1 is 1.56 bits per heavy atom. The summed E-state index contributed by atoms with van der Waals surface area (Å²) in [6, 6.07) is 0. The molecular formula is C7H14ClN. The van der Waals surface area contributed by atoms with Crippen LogP contribution in [0, 0.1) is 5.41 Å². The average Bonchev–Trinajstić information content (AvgIpc) is 1.84. The van der Waals surface area contributed by atoms with Gasteiger partial charge in [-0.2, -0.15) is 0 Å². The van der Waals surface area contributed by atoms with E-state index in [-0.39, 0.29) is 5.41 Å². The first kappa shape index (κ1) is 8.83. The van der Waals surface area contributed by atoms with Crippen molar-refractivity contribution in [3.05, 3.63) is 12.3 Å². The lowest BCUT2D eigenvalue weighted by molar-refractivity contribution is 0.427. The van der Waals surface area contributed by atoms with Crippen LogP contribution in [0.1, 0.15) is 20.3 Å². The van der Waals surface area contributed by atoms with Crippen LogP contribution in [-0.2, 0) is 0 Å². The Labute approximate surface area is 61.9 Å². The Kier molecular flexibility index (Phi) is 3.71. The number of rotatable bonds is 3. The third kappa shape index (κ3) is 4.34. The fraction of sp³-hybridized carbons (Fsp3) is 0.714. The number of alkyl halides is 1. The first-order valence-corrected chi connectivity index (χ1v) is 3.58. The molecule has 54 valence electrons. The number of hydrogen-bond acceptors (Lipinski definition) is 1. The van der Waals surface area contributed by atoms with E-state index < -0.39 is 0 Å². The molecule has 0 radical (unpaired) electrons. The number of hydrogen-bond donors (Lipinski definition) is 1. The number of halogens is 1. The molecule has 1 nitrogen and oxygen atoms in total. The highest BCUT2D eigenvalue weighted by molar-refractivity contribution is 6.18. The Morgan fingerprint density at radius 3 is 2.44 bits per heavy atom. The van der Waals surface area contributed by atoms with Gasteiger partial charge in [-0.1, -0.05) is 19.9 Å². The predicted octanol–water partition coefficient (Wildman–Crippen LogP) is 2.11. The van der Waals surface area contributed by atoms with Crippen LogP contribution in [0.15, 0.2) is 12.3 Å². The lowest BCUT2D eigenvalue weighted by Gasteiger charge is -2.17. The molecule has 0 amide bonds. The van der Waals surface area contributed by atoms with Crippen LogP contribution in [0.3, 0.4) is 0 Å². The van der Waals surface area contributed by atoms with Crippen molar-refractivity contribution in [3.63, 3.8) is 0 Å². The Morgan fingerprint density at radius 2 is 2.11 bits per heavy atom. The molecule has 0 rings (SSSR count). The van der Waals surface area contributed by atoms with Gasteiger partial charge in [-0.05, 0) is 18.0 Å². The van der Waals surface area contributed by atoms with Crippen molar-refractivity contribution < 1.29 is 0 Å². The van der Waals surface area contributed by atoms with Gasteiger partial charge in [0.1, 0.15) is 0 Å². The summed E-state index contributed by atoms with van der Waals surface area (Å²) < 4.78 is 0. The van der Waals surface area contributed by atoms with Gasteiger partial charge in [0.05, 0.1) is 0 Å². The van der Waals surface area contributed by atoms with Gasteiger partial charge in [-0.15, -0.1) is 11.6 Å². The van der Waals surface area contributed by atoms with E-state index in [0.717, 1.165) is 6.42 Å². The second-order valence-corrected chi connectivity index (χ2v) is 3.20. The van der Waals surface area contributed by atoms with E-state index in [1.807, 2.05) is 6.08 Å². The third-order valence-electron chi connectivity index (χ3n) is 1.17. The van der Waals surface area contributed by atoms with Gasteiger partial charge < -0.3 is 5.73 Å². The van der Waals surface area contributed by atoms with Gasteiger partial charge in [0.2, 0.25) is 0 Å². The minimum absolute atomic E-state index is 0.192. The van der Waals surface area contributed by atoms with Gasteiger partial charge in [0, 0.05) is 5.88 Å². The van der Waals surface area contributed by atoms with E-state index in [4.69, 9.17) is 17.3 Å². The highest BCUT2D eigenvalue weighted by atomic mass is 35.5. The minimum atomic E-state index is 0.192. The van der Waals surface area contributed by atoms with Gasteiger partial charge >= 0.3 is 0 Å². The molecule has 0 aliphatic rings. The van der Waals surface area contributed by atoms with Crippen LogP contribution in [-0.4, -0.2) is 5.88 Å². The maximum atomic E-state index is 5.65. The minimum Gasteiger partial charge on any atom is -0.405 e. The molecule has 0 bridgehead atoms. The summed E-state index contributed by atoms with van der Waals surface area (Å²) in [7, 11) is 0. The first-order valence-electron chi connectivity index (χ1n) is 3.05. The predicted molar refractivity (Wildman–Crippen MR) is 42.4 cm³/mol. The van der Waals surface area contributed by atoms with Crippen molar-refractivity contribution >= 4 is 11.6 Å². The summed E-state index contributed by atoms with van der Waals surface area (Å²) in [5.41, 5.74) is 5.36. The summed E-state index contributed by atoms with van der Waals surface area (Å²) in [6.07, 6.45) is 4.45. The molecule has 0 aromatic heterocycles. The fourth-order valence-corrected chi connectivity index (χ4v) is 0.551. The zero-order chi connectivity index (χ0) is 7.33. The summed E-state index contributed by atoms with van der Waals surface area (Å²) >= 11 is 5.65. The Hall–Kier alpha value is -0.170. The largest absolute Gasteiger partial charge is 0.405 e. The van der Waals surface area contributed by atoms with Gasteiger partial charge in [0.25, 0.3) is 0 Å². The van der Waals surface area contributed by atoms with E-state index in [1.54, 1.807) is 6.20 Å². The zero-order valence-corrected chi connectivity index (χ0v) is 6.78. The van der Waals surface area contributed by atoms with Crippen molar-refractivity contribution in [2.75, 3.05) is 5.88 Å². The van der Waals surface area contributed by atoms with Crippen LogP contribution >= 0.6 is 11.6 Å². The molecule has 0 aliphatic carbocycles. The van der Waals surface area contributed by atoms with Crippen molar-refractivity contribution in [1.29, 1.82) is 0 Å². The van der Waals surface area contributed by atoms with Crippen molar-refractivity contribution in [3.8, 4) is 0 Å². The highest BCUT2D eigenvalue weighted by Crippen LogP contribution is 2.21. The Bertz CT molecular complexity index is 97.1. The van der Waals surface area contributed by atoms with Gasteiger partial charge in [0.15, 0.2) is 0 Å². The van der Waals surface area contributed by atoms with E-state index >= 15 is 0 Å². The average molecular weight is 148 g/mol. The topological polar surface area (TPSA) is 26.0 Å². The van der Waals surface area contributed by atoms with E-state index in [2.05, 4.69) is 13.8 Å². The summed E-state index contributed by atoms with van der Waals surface area (Å²) in [5, 5.41) is 0. The SMILES string of the molecule is CC(C)(CCl)CC=CN. The highest BCUT2D eigenvalue weighted by Gasteiger charge is 2.12. The smallest absolute Gasteiger partial charge is 0.0277 e. The number of allylic oxidation sites excluding steroid dienone is 1. The van der Waals surface area contributed by atoms with Gasteiger partial charge in [-0.25, -0.2) is 0 Å². The lowest BCUT2D eigenvalue weighted by Crippen LogP contribution is -2.11. The van der Waals surface area contributed by atoms with Crippen molar-refractivity contribution in [1.82, 2.24) is 0 Å². The molecule has 0 aromatic rings. The molecule has 0 unspecified atom stereocenters. The van der Waals surface area contributed by atoms with Crippen molar-refractivity contribution in [2.45, 2.75) is 20.3 Å². The molecule has 0 spiro atoms. The third-order valence-corrected chi connectivity index (χ3v) is 1.89. The number of nitrogens with two attached hydrogens (primary N) is 1. The van der Waals surface area contributed by atoms with E-state index in [0.29, 0.717) is 5.88 Å². The van der Waals surface area contributed by atoms with Crippen molar-refractivity contribution in [2.24, 2.45) is 11.1 Å². The van der Waals surface area contributed by atoms with Crippen LogP contribution in [0.25, 0.3) is 0 Å². The fourth-order valence-electron chi connectivity index (χ4n) is 0.442. The van der Waals surface area contributed by atoms with Gasteiger partial charge in [-0.3, -0.25) is 0 Å². The van der Waals surface area contributed by atoms with Crippen LogP contribution in [0.2, 0.25) is 0 Å². The van der Waals surface area contributed by atoms with E-state index in [9.17, 15) is 0 Å². The molecule has 0 atom stereocenters. The molecular weight excluding hydrogens is 134 g/mol. The normalized spacial score (nSPS) is 12.8. The molecule has 0 saturated heterocycles. The monoisotopic (exact) mass is 147 g/mol. The van der Waals surface area contributed by atoms with Crippen LogP contribution in [0.5, 0.6) is 0 Å². The lowest BCUT2D eigenvalue weighted by atomic mass is 9.92. The molecule has 0 heterocycles. The van der Waals surface area contributed by atoms with E-state index in [1.165, 1.54) is 0 Å². The molecule has 0 aromatic carbocycles. The summed E-state index contributed by atoms with van der Waals surface area (Å²) in [4.78, 5) is 0. The molecule has 0 saturated carbocycles.